The van der Waals surface area contributed by atoms with E-state index in [-0.39, 0.29) is 21.4 Å². The number of carbonyl (C=O) groups excluding carboxylic acids is 1. The third kappa shape index (κ3) is 5.81. The lowest BCUT2D eigenvalue weighted by molar-refractivity contribution is 0.262. The number of pyridine rings is 1. The molecule has 0 bridgehead atoms. The molecule has 0 unspecified atom stereocenters. The number of hydrogen-bond donors (Lipinski definition) is 2. The molecule has 2 heterocycles. The van der Waals surface area contributed by atoms with E-state index in [2.05, 4.69) is 20.7 Å². The Balaban J connectivity index is 1.63. The number of amides is 2. The summed E-state index contributed by atoms with van der Waals surface area (Å²) in [5, 5.41) is 9.96. The molecule has 0 saturated carbocycles. The number of urea groups is 1. The number of halogens is 2. The highest BCUT2D eigenvalue weighted by Gasteiger charge is 2.15. The van der Waals surface area contributed by atoms with Crippen molar-refractivity contribution in [1.29, 1.82) is 0 Å². The first kappa shape index (κ1) is 25.6. The number of benzene rings is 2. The third-order valence-electron chi connectivity index (χ3n) is 5.04. The minimum Gasteiger partial charge on any atom is -0.496 e. The number of hydrogen-bond acceptors (Lipinski definition) is 6. The van der Waals surface area contributed by atoms with E-state index in [9.17, 15) is 9.59 Å². The Kier molecular flexibility index (Phi) is 8.14. The van der Waals surface area contributed by atoms with Crippen LogP contribution in [0, 0.1) is 0 Å². The van der Waals surface area contributed by atoms with Gasteiger partial charge in [-0.15, -0.1) is 0 Å². The predicted octanol–water partition coefficient (Wildman–Crippen LogP) is 6.44. The molecule has 11 heteroatoms. The number of methoxy groups -OCH3 is 1. The highest BCUT2D eigenvalue weighted by Crippen LogP contribution is 2.36. The standard InChI is InChI=1S/C25H21Cl2N5O3S/c1-3-32-24(33)20(29-25(34)30-23-17(26)13-28-14-18(23)27)12-19(31-32)15-7-6-8-16(11-15)36-22-10-5-4-9-21(22)35-2/h4-14H,3H2,1-2H3,(H2,28,29,30,34). The summed E-state index contributed by atoms with van der Waals surface area (Å²) in [5.41, 5.74) is 1.11. The molecule has 2 aromatic carbocycles. The molecular formula is C25H21Cl2N5O3S. The Bertz CT molecular complexity index is 1460. The van der Waals surface area contributed by atoms with Gasteiger partial charge in [-0.05, 0) is 37.3 Å². The topological polar surface area (TPSA) is 98.1 Å². The first-order valence-electron chi connectivity index (χ1n) is 10.8. The van der Waals surface area contributed by atoms with Gasteiger partial charge in [-0.25, -0.2) is 9.48 Å². The Morgan fingerprint density at radius 3 is 2.53 bits per heavy atom. The lowest BCUT2D eigenvalue weighted by Gasteiger charge is -2.13. The van der Waals surface area contributed by atoms with Crippen molar-refractivity contribution in [1.82, 2.24) is 14.8 Å². The molecule has 4 aromatic rings. The zero-order chi connectivity index (χ0) is 25.7. The fourth-order valence-corrected chi connectivity index (χ4v) is 4.78. The summed E-state index contributed by atoms with van der Waals surface area (Å²) in [7, 11) is 1.63. The van der Waals surface area contributed by atoms with Crippen molar-refractivity contribution in [3.05, 3.63) is 87.4 Å². The Labute approximate surface area is 221 Å². The molecule has 36 heavy (non-hydrogen) atoms. The summed E-state index contributed by atoms with van der Waals surface area (Å²) < 4.78 is 6.74. The predicted molar refractivity (Wildman–Crippen MR) is 144 cm³/mol. The van der Waals surface area contributed by atoms with Gasteiger partial charge in [0.25, 0.3) is 5.56 Å². The van der Waals surface area contributed by atoms with Gasteiger partial charge in [-0.2, -0.15) is 5.10 Å². The normalized spacial score (nSPS) is 10.7. The van der Waals surface area contributed by atoms with Crippen LogP contribution in [0.25, 0.3) is 11.3 Å². The van der Waals surface area contributed by atoms with Crippen LogP contribution in [0.15, 0.2) is 81.6 Å². The molecule has 2 aromatic heterocycles. The number of rotatable bonds is 7. The van der Waals surface area contributed by atoms with Gasteiger partial charge >= 0.3 is 6.03 Å². The second-order valence-electron chi connectivity index (χ2n) is 7.40. The maximum absolute atomic E-state index is 12.9. The zero-order valence-electron chi connectivity index (χ0n) is 19.3. The van der Waals surface area contributed by atoms with Crippen LogP contribution in [0.5, 0.6) is 5.75 Å². The Morgan fingerprint density at radius 1 is 1.06 bits per heavy atom. The maximum atomic E-state index is 12.9. The van der Waals surface area contributed by atoms with Crippen LogP contribution in [0.2, 0.25) is 10.0 Å². The summed E-state index contributed by atoms with van der Waals surface area (Å²) in [6.07, 6.45) is 2.71. The molecule has 8 nitrogen and oxygen atoms in total. The molecule has 2 N–H and O–H groups in total. The Hall–Kier alpha value is -3.53. The Morgan fingerprint density at radius 2 is 1.81 bits per heavy atom. The minimum atomic E-state index is -0.678. The van der Waals surface area contributed by atoms with Crippen LogP contribution in [0.4, 0.5) is 16.2 Å². The monoisotopic (exact) mass is 541 g/mol. The van der Waals surface area contributed by atoms with Crippen LogP contribution < -0.4 is 20.9 Å². The van der Waals surface area contributed by atoms with Crippen molar-refractivity contribution >= 4 is 52.4 Å². The summed E-state index contributed by atoms with van der Waals surface area (Å²) in [6.45, 7) is 2.12. The molecule has 0 atom stereocenters. The van der Waals surface area contributed by atoms with E-state index in [1.165, 1.54) is 23.1 Å². The van der Waals surface area contributed by atoms with Crippen molar-refractivity contribution in [2.45, 2.75) is 23.3 Å². The van der Waals surface area contributed by atoms with E-state index in [1.807, 2.05) is 48.5 Å². The highest BCUT2D eigenvalue weighted by atomic mass is 35.5. The fourth-order valence-electron chi connectivity index (χ4n) is 3.33. The number of nitrogens with one attached hydrogen (secondary N) is 2. The number of para-hydroxylation sites is 1. The highest BCUT2D eigenvalue weighted by molar-refractivity contribution is 7.99. The van der Waals surface area contributed by atoms with Crippen molar-refractivity contribution in [2.24, 2.45) is 0 Å². The molecular weight excluding hydrogens is 521 g/mol. The number of carbonyl (C=O) groups is 1. The van der Waals surface area contributed by atoms with Crippen LogP contribution in [-0.2, 0) is 6.54 Å². The van der Waals surface area contributed by atoms with Crippen LogP contribution >= 0.6 is 35.0 Å². The van der Waals surface area contributed by atoms with Crippen molar-refractivity contribution in [2.75, 3.05) is 17.7 Å². The lowest BCUT2D eigenvalue weighted by atomic mass is 10.1. The number of aryl methyl sites for hydroxylation is 1. The zero-order valence-corrected chi connectivity index (χ0v) is 21.6. The summed E-state index contributed by atoms with van der Waals surface area (Å²) >= 11 is 13.7. The number of aromatic nitrogens is 3. The molecule has 4 rings (SSSR count). The molecule has 2 amide bonds. The average Bonchev–Trinajstić information content (AvgIpc) is 2.88. The van der Waals surface area contributed by atoms with Gasteiger partial charge < -0.3 is 15.4 Å². The van der Waals surface area contributed by atoms with Gasteiger partial charge in [-0.3, -0.25) is 9.78 Å². The van der Waals surface area contributed by atoms with Gasteiger partial charge in [0.2, 0.25) is 0 Å². The van der Waals surface area contributed by atoms with Gasteiger partial charge in [-0.1, -0.05) is 59.2 Å². The summed E-state index contributed by atoms with van der Waals surface area (Å²) in [5.74, 6) is 0.775. The number of anilines is 2. The van der Waals surface area contributed by atoms with E-state index in [4.69, 9.17) is 27.9 Å². The lowest BCUT2D eigenvalue weighted by Crippen LogP contribution is -2.29. The van der Waals surface area contributed by atoms with E-state index in [0.29, 0.717) is 12.2 Å². The average molecular weight is 542 g/mol. The van der Waals surface area contributed by atoms with Crippen molar-refractivity contribution in [3.8, 4) is 17.0 Å². The smallest absolute Gasteiger partial charge is 0.323 e. The van der Waals surface area contributed by atoms with Gasteiger partial charge in [0.1, 0.15) is 11.4 Å². The first-order chi connectivity index (χ1) is 17.4. The third-order valence-corrected chi connectivity index (χ3v) is 6.66. The molecule has 0 aliphatic heterocycles. The summed E-state index contributed by atoms with van der Waals surface area (Å²) in [6, 6.07) is 16.3. The number of nitrogens with zero attached hydrogens (tertiary/aromatic N) is 3. The first-order valence-corrected chi connectivity index (χ1v) is 12.4. The second-order valence-corrected chi connectivity index (χ2v) is 9.33. The molecule has 0 aliphatic carbocycles. The van der Waals surface area contributed by atoms with Gasteiger partial charge in [0.05, 0.1) is 33.4 Å². The van der Waals surface area contributed by atoms with E-state index in [0.717, 1.165) is 21.1 Å². The molecule has 0 saturated heterocycles. The van der Waals surface area contributed by atoms with Gasteiger partial charge in [0.15, 0.2) is 0 Å². The maximum Gasteiger partial charge on any atom is 0.323 e. The van der Waals surface area contributed by atoms with Crippen LogP contribution in [-0.4, -0.2) is 27.9 Å². The minimum absolute atomic E-state index is 0.0587. The number of ether oxygens (including phenoxy) is 1. The molecule has 0 spiro atoms. The molecule has 184 valence electrons. The van der Waals surface area contributed by atoms with E-state index < -0.39 is 11.6 Å². The van der Waals surface area contributed by atoms with E-state index >= 15 is 0 Å². The van der Waals surface area contributed by atoms with Gasteiger partial charge in [0, 0.05) is 29.4 Å². The van der Waals surface area contributed by atoms with Crippen LogP contribution in [0.1, 0.15) is 6.92 Å². The molecule has 0 aliphatic rings. The fraction of sp³-hybridized carbons (Fsp3) is 0.120. The molecule has 0 fully saturated rings. The van der Waals surface area contributed by atoms with E-state index in [1.54, 1.807) is 25.8 Å². The molecule has 0 radical (unpaired) electrons. The second kappa shape index (κ2) is 11.5. The summed E-state index contributed by atoms with van der Waals surface area (Å²) in [4.78, 5) is 31.3. The van der Waals surface area contributed by atoms with Crippen LogP contribution in [0.3, 0.4) is 0 Å². The van der Waals surface area contributed by atoms with Crippen molar-refractivity contribution < 1.29 is 9.53 Å². The largest absolute Gasteiger partial charge is 0.496 e. The SMILES string of the molecule is CCn1nc(-c2cccc(Sc3ccccc3OC)c2)cc(NC(=O)Nc2c(Cl)cncc2Cl)c1=O. The van der Waals surface area contributed by atoms with Crippen molar-refractivity contribution in [3.63, 3.8) is 0 Å². The quantitative estimate of drug-likeness (QED) is 0.279.